The summed E-state index contributed by atoms with van der Waals surface area (Å²) in [7, 11) is 1.58. The fourth-order valence-electron chi connectivity index (χ4n) is 4.52. The highest BCUT2D eigenvalue weighted by atomic mass is 35.5. The van der Waals surface area contributed by atoms with Crippen molar-refractivity contribution < 1.29 is 9.53 Å². The third-order valence-corrected chi connectivity index (χ3v) is 8.10. The van der Waals surface area contributed by atoms with Crippen LogP contribution in [-0.4, -0.2) is 71.0 Å². The highest BCUT2D eigenvalue weighted by Gasteiger charge is 2.33. The van der Waals surface area contributed by atoms with Gasteiger partial charge in [0, 0.05) is 50.2 Å². The molecular formula is C26H26ClN5O3S2. The van der Waals surface area contributed by atoms with Crippen LogP contribution in [0.3, 0.4) is 0 Å². The van der Waals surface area contributed by atoms with Crippen LogP contribution < -0.4 is 15.4 Å². The van der Waals surface area contributed by atoms with Gasteiger partial charge in [-0.3, -0.25) is 18.9 Å². The number of amides is 1. The predicted molar refractivity (Wildman–Crippen MR) is 154 cm³/mol. The number of aromatic nitrogens is 2. The van der Waals surface area contributed by atoms with Crippen LogP contribution in [0.5, 0.6) is 0 Å². The van der Waals surface area contributed by atoms with Crippen LogP contribution in [0.2, 0.25) is 5.02 Å². The number of carbonyl (C=O) groups is 1. The van der Waals surface area contributed by atoms with E-state index >= 15 is 0 Å². The summed E-state index contributed by atoms with van der Waals surface area (Å²) in [5.41, 5.74) is 2.73. The van der Waals surface area contributed by atoms with Crippen LogP contribution in [0.4, 0.5) is 11.5 Å². The molecule has 8 nitrogen and oxygen atoms in total. The highest BCUT2D eigenvalue weighted by molar-refractivity contribution is 8.26. The van der Waals surface area contributed by atoms with Crippen LogP contribution in [0.1, 0.15) is 11.1 Å². The van der Waals surface area contributed by atoms with Crippen LogP contribution in [-0.2, 0) is 9.53 Å². The van der Waals surface area contributed by atoms with E-state index in [2.05, 4.69) is 9.80 Å². The Morgan fingerprint density at radius 1 is 1.14 bits per heavy atom. The summed E-state index contributed by atoms with van der Waals surface area (Å²) in [5.74, 6) is 0.352. The lowest BCUT2D eigenvalue weighted by Crippen LogP contribution is -2.47. The molecule has 2 saturated heterocycles. The molecule has 37 heavy (non-hydrogen) atoms. The number of benzene rings is 1. The first-order chi connectivity index (χ1) is 17.9. The average Bonchev–Trinajstić information content (AvgIpc) is 3.16. The van der Waals surface area contributed by atoms with Crippen molar-refractivity contribution in [3.63, 3.8) is 0 Å². The van der Waals surface area contributed by atoms with Gasteiger partial charge in [-0.25, -0.2) is 4.98 Å². The zero-order valence-electron chi connectivity index (χ0n) is 20.5. The number of halogens is 1. The Balaban J connectivity index is 1.52. The summed E-state index contributed by atoms with van der Waals surface area (Å²) in [6.45, 7) is 5.49. The Kier molecular flexibility index (Phi) is 7.52. The van der Waals surface area contributed by atoms with Crippen LogP contribution in [0.25, 0.3) is 11.7 Å². The summed E-state index contributed by atoms with van der Waals surface area (Å²) in [4.78, 5) is 38.1. The van der Waals surface area contributed by atoms with Gasteiger partial charge in [-0.1, -0.05) is 47.7 Å². The lowest BCUT2D eigenvalue weighted by atomic mass is 10.2. The number of ether oxygens (including phenoxy) is 1. The molecule has 2 aromatic heterocycles. The van der Waals surface area contributed by atoms with E-state index in [4.69, 9.17) is 33.5 Å². The Labute approximate surface area is 229 Å². The smallest absolute Gasteiger partial charge is 0.267 e. The molecule has 11 heteroatoms. The van der Waals surface area contributed by atoms with Gasteiger partial charge in [-0.2, -0.15) is 0 Å². The lowest BCUT2D eigenvalue weighted by molar-refractivity contribution is -0.122. The van der Waals surface area contributed by atoms with E-state index in [-0.39, 0.29) is 11.5 Å². The molecule has 0 unspecified atom stereocenters. The molecular weight excluding hydrogens is 530 g/mol. The minimum absolute atomic E-state index is 0.219. The first kappa shape index (κ1) is 25.7. The number of methoxy groups -OCH3 is 1. The molecule has 1 amide bonds. The van der Waals surface area contributed by atoms with Crippen molar-refractivity contribution in [2.45, 2.75) is 6.92 Å². The molecule has 192 valence electrons. The normalized spacial score (nSPS) is 17.5. The van der Waals surface area contributed by atoms with Crippen LogP contribution in [0, 0.1) is 6.92 Å². The Morgan fingerprint density at radius 2 is 1.89 bits per heavy atom. The molecule has 5 rings (SSSR count). The summed E-state index contributed by atoms with van der Waals surface area (Å²) < 4.78 is 7.11. The van der Waals surface area contributed by atoms with Gasteiger partial charge in [-0.15, -0.1) is 0 Å². The lowest BCUT2D eigenvalue weighted by Gasteiger charge is -2.37. The number of aryl methyl sites for hydroxylation is 1. The standard InChI is InChI=1S/C26H26ClN5O3S2/c1-17-5-4-8-31-22(17)28-23(30-11-9-29(10-12-30)19-7-3-6-18(27)15-19)20(24(31)33)16-21-25(34)32(13-14-35-2)26(36)37-21/h3-8,15-16H,9-14H2,1-2H3/b21-16+. The van der Waals surface area contributed by atoms with Gasteiger partial charge in [0.25, 0.3) is 11.5 Å². The summed E-state index contributed by atoms with van der Waals surface area (Å²) in [6, 6.07) is 11.6. The predicted octanol–water partition coefficient (Wildman–Crippen LogP) is 3.83. The minimum atomic E-state index is -0.225. The fourth-order valence-corrected chi connectivity index (χ4v) is 6.00. The average molecular weight is 556 g/mol. The number of pyridine rings is 1. The molecule has 2 fully saturated rings. The number of hydrogen-bond acceptors (Lipinski definition) is 8. The number of thiocarbonyl (C=S) groups is 1. The molecule has 3 aromatic rings. The maximum atomic E-state index is 13.7. The first-order valence-electron chi connectivity index (χ1n) is 11.9. The molecule has 0 spiro atoms. The van der Waals surface area contributed by atoms with E-state index < -0.39 is 0 Å². The van der Waals surface area contributed by atoms with Crippen molar-refractivity contribution in [3.05, 3.63) is 74.0 Å². The second-order valence-corrected chi connectivity index (χ2v) is 10.9. The van der Waals surface area contributed by atoms with E-state index in [0.29, 0.717) is 57.5 Å². The second-order valence-electron chi connectivity index (χ2n) is 8.82. The topological polar surface area (TPSA) is 70.4 Å². The number of hydrogen-bond donors (Lipinski definition) is 0. The molecule has 0 saturated carbocycles. The number of fused-ring (bicyclic) bond motifs is 1. The molecule has 0 aliphatic carbocycles. The van der Waals surface area contributed by atoms with E-state index in [0.717, 1.165) is 24.3 Å². The Bertz CT molecular complexity index is 1470. The molecule has 0 bridgehead atoms. The maximum absolute atomic E-state index is 13.7. The van der Waals surface area contributed by atoms with Crippen molar-refractivity contribution in [1.29, 1.82) is 0 Å². The first-order valence-corrected chi connectivity index (χ1v) is 13.5. The quantitative estimate of drug-likeness (QED) is 0.336. The maximum Gasteiger partial charge on any atom is 0.267 e. The molecule has 0 radical (unpaired) electrons. The molecule has 1 aromatic carbocycles. The van der Waals surface area contributed by atoms with E-state index in [1.54, 1.807) is 23.8 Å². The summed E-state index contributed by atoms with van der Waals surface area (Å²) in [5, 5.41) is 0.699. The monoisotopic (exact) mass is 555 g/mol. The second kappa shape index (κ2) is 10.8. The number of anilines is 2. The Hall–Kier alpha value is -2.92. The third kappa shape index (κ3) is 5.11. The van der Waals surface area contributed by atoms with Crippen LogP contribution >= 0.6 is 35.6 Å². The van der Waals surface area contributed by atoms with E-state index in [1.807, 2.05) is 43.3 Å². The number of carbonyl (C=O) groups excluding carboxylic acids is 1. The third-order valence-electron chi connectivity index (χ3n) is 6.48. The van der Waals surface area contributed by atoms with Gasteiger partial charge in [0.2, 0.25) is 0 Å². The number of piperazine rings is 1. The van der Waals surface area contributed by atoms with Crippen molar-refractivity contribution >= 4 is 69.0 Å². The molecule has 2 aliphatic rings. The fraction of sp³-hybridized carbons (Fsp3) is 0.308. The van der Waals surface area contributed by atoms with Crippen molar-refractivity contribution in [2.24, 2.45) is 0 Å². The van der Waals surface area contributed by atoms with Crippen LogP contribution in [0.15, 0.2) is 52.3 Å². The van der Waals surface area contributed by atoms with E-state index in [1.165, 1.54) is 16.7 Å². The van der Waals surface area contributed by atoms with Gasteiger partial charge < -0.3 is 14.5 Å². The molecule has 4 heterocycles. The van der Waals surface area contributed by atoms with Crippen molar-refractivity contribution in [2.75, 3.05) is 56.2 Å². The number of nitrogens with zero attached hydrogens (tertiary/aromatic N) is 5. The van der Waals surface area contributed by atoms with Gasteiger partial charge in [-0.05, 0) is 42.8 Å². The number of thioether (sulfide) groups is 1. The molecule has 2 aliphatic heterocycles. The highest BCUT2D eigenvalue weighted by Crippen LogP contribution is 2.34. The molecule has 0 atom stereocenters. The van der Waals surface area contributed by atoms with Crippen molar-refractivity contribution in [3.8, 4) is 0 Å². The zero-order chi connectivity index (χ0) is 26.1. The van der Waals surface area contributed by atoms with E-state index in [9.17, 15) is 9.59 Å². The zero-order valence-corrected chi connectivity index (χ0v) is 22.9. The van der Waals surface area contributed by atoms with Gasteiger partial charge >= 0.3 is 0 Å². The SMILES string of the molecule is COCCN1C(=O)/C(=C\c2c(N3CCN(c4cccc(Cl)c4)CC3)nc3c(C)cccn3c2=O)SC1=S. The van der Waals surface area contributed by atoms with Crippen molar-refractivity contribution in [1.82, 2.24) is 14.3 Å². The largest absolute Gasteiger partial charge is 0.383 e. The summed E-state index contributed by atoms with van der Waals surface area (Å²) in [6.07, 6.45) is 3.36. The molecule has 0 N–H and O–H groups in total. The van der Waals surface area contributed by atoms with Gasteiger partial charge in [0.15, 0.2) is 0 Å². The number of rotatable bonds is 6. The van der Waals surface area contributed by atoms with Gasteiger partial charge in [0.1, 0.15) is 15.8 Å². The summed E-state index contributed by atoms with van der Waals surface area (Å²) >= 11 is 12.8. The minimum Gasteiger partial charge on any atom is -0.383 e. The van der Waals surface area contributed by atoms with Gasteiger partial charge in [0.05, 0.1) is 23.6 Å². The Morgan fingerprint density at radius 3 is 2.62 bits per heavy atom.